The summed E-state index contributed by atoms with van der Waals surface area (Å²) in [4.78, 5) is 35.0. The van der Waals surface area contributed by atoms with E-state index in [2.05, 4.69) is 91.3 Å². The average Bonchev–Trinajstić information content (AvgIpc) is 3.20. The topological polar surface area (TPSA) is 149 Å². The van der Waals surface area contributed by atoms with E-state index < -0.39 is 51.8 Å². The molecule has 0 aromatic rings. The highest BCUT2D eigenvalue weighted by Crippen LogP contribution is 2.43. The van der Waals surface area contributed by atoms with Gasteiger partial charge >= 0.3 is 19.8 Å². The Hall–Kier alpha value is -2.59. The highest BCUT2D eigenvalue weighted by atomic mass is 31.2. The maximum Gasteiger partial charge on any atom is 0.472 e. The van der Waals surface area contributed by atoms with E-state index in [4.69, 9.17) is 19.1 Å². The first-order valence-corrected chi connectivity index (χ1v) is 23.4. The Kier molecular flexibility index (Phi) is 39.7. The van der Waals surface area contributed by atoms with Crippen molar-refractivity contribution in [3.05, 3.63) is 72.9 Å². The number of carbonyl (C=O) groups is 2. The standard InChI is InChI=1S/C46H79O10P/c1-3-5-7-9-11-13-15-17-19-20-21-22-24-26-28-30-32-34-36-38-46(50)56-44(42-55-57(51,52)54-40-43(48)39-47)41-53-45(49)37-35-33-31-29-27-25-23-18-16-14-12-10-8-6-4-2/h5,7,11,13-14,16-17,19,21-22,26,28,43-44,47-48H,3-4,6,8-10,12,15,18,20,23-25,27,29-42H2,1-2H3,(H,51,52)/b7-5-,13-11-,16-14-,19-17-,22-21-,28-26-/t43-,44+/m0/s1. The summed E-state index contributed by atoms with van der Waals surface area (Å²) in [5.74, 6) is -0.973. The SMILES string of the molecule is CC/C=C\C/C=C\C/C=C\C/C=C\C/C=C\CCCCCC(=O)O[C@H](COC(=O)CCCCCCCCC/C=C\CCCCCC)COP(=O)(O)OC[C@@H](O)CO. The highest BCUT2D eigenvalue weighted by Gasteiger charge is 2.27. The van der Waals surface area contributed by atoms with E-state index in [0.29, 0.717) is 12.8 Å². The normalized spacial score (nSPS) is 14.5. The molecule has 3 atom stereocenters. The molecule has 0 aliphatic heterocycles. The molecule has 57 heavy (non-hydrogen) atoms. The minimum atomic E-state index is -4.63. The second-order valence-corrected chi connectivity index (χ2v) is 15.8. The van der Waals surface area contributed by atoms with Crippen LogP contribution in [0.4, 0.5) is 0 Å². The Morgan fingerprint density at radius 2 is 0.965 bits per heavy atom. The van der Waals surface area contributed by atoms with Crippen LogP contribution in [0, 0.1) is 0 Å². The van der Waals surface area contributed by atoms with Crippen molar-refractivity contribution in [2.45, 2.75) is 180 Å². The summed E-state index contributed by atoms with van der Waals surface area (Å²) in [6.07, 6.45) is 47.2. The monoisotopic (exact) mass is 823 g/mol. The van der Waals surface area contributed by atoms with Crippen LogP contribution in [-0.2, 0) is 32.7 Å². The molecule has 0 radical (unpaired) electrons. The first kappa shape index (κ1) is 54.4. The summed E-state index contributed by atoms with van der Waals surface area (Å²) in [7, 11) is -4.63. The van der Waals surface area contributed by atoms with Crippen molar-refractivity contribution in [3.63, 3.8) is 0 Å². The summed E-state index contributed by atoms with van der Waals surface area (Å²) in [6.45, 7) is 2.20. The smallest absolute Gasteiger partial charge is 0.462 e. The third-order valence-electron chi connectivity index (χ3n) is 8.84. The van der Waals surface area contributed by atoms with Gasteiger partial charge < -0.3 is 24.6 Å². The molecule has 0 heterocycles. The third kappa shape index (κ3) is 41.4. The molecule has 0 spiro atoms. The van der Waals surface area contributed by atoms with Gasteiger partial charge in [0.05, 0.1) is 19.8 Å². The molecule has 0 aliphatic rings. The average molecular weight is 823 g/mol. The number of phosphoric acid groups is 1. The van der Waals surface area contributed by atoms with Gasteiger partial charge in [0.15, 0.2) is 6.10 Å². The van der Waals surface area contributed by atoms with Gasteiger partial charge in [-0.25, -0.2) is 4.57 Å². The first-order chi connectivity index (χ1) is 27.7. The molecule has 1 unspecified atom stereocenters. The van der Waals surface area contributed by atoms with Crippen LogP contribution in [0.5, 0.6) is 0 Å². The molecule has 0 aromatic heterocycles. The molecular weight excluding hydrogens is 743 g/mol. The Morgan fingerprint density at radius 3 is 1.49 bits per heavy atom. The van der Waals surface area contributed by atoms with Crippen molar-refractivity contribution >= 4 is 19.8 Å². The fourth-order valence-electron chi connectivity index (χ4n) is 5.48. The zero-order valence-electron chi connectivity index (χ0n) is 35.5. The molecule has 3 N–H and O–H groups in total. The van der Waals surface area contributed by atoms with Crippen molar-refractivity contribution in [2.24, 2.45) is 0 Å². The zero-order chi connectivity index (χ0) is 41.9. The second kappa shape index (κ2) is 41.6. The lowest BCUT2D eigenvalue weighted by Gasteiger charge is -2.20. The minimum Gasteiger partial charge on any atom is -0.462 e. The largest absolute Gasteiger partial charge is 0.472 e. The van der Waals surface area contributed by atoms with E-state index in [9.17, 15) is 24.2 Å². The Morgan fingerprint density at radius 1 is 0.544 bits per heavy atom. The van der Waals surface area contributed by atoms with Gasteiger partial charge in [-0.3, -0.25) is 18.6 Å². The number of hydrogen-bond donors (Lipinski definition) is 3. The van der Waals surface area contributed by atoms with Crippen molar-refractivity contribution in [2.75, 3.05) is 26.4 Å². The third-order valence-corrected chi connectivity index (χ3v) is 9.80. The minimum absolute atomic E-state index is 0.141. The van der Waals surface area contributed by atoms with Crippen molar-refractivity contribution in [3.8, 4) is 0 Å². The molecule has 10 nitrogen and oxygen atoms in total. The van der Waals surface area contributed by atoms with E-state index in [1.165, 1.54) is 51.4 Å². The molecule has 0 rings (SSSR count). The predicted molar refractivity (Wildman–Crippen MR) is 233 cm³/mol. The number of hydrogen-bond acceptors (Lipinski definition) is 9. The van der Waals surface area contributed by atoms with Gasteiger partial charge in [0.25, 0.3) is 0 Å². The van der Waals surface area contributed by atoms with Gasteiger partial charge in [-0.1, -0.05) is 145 Å². The molecule has 0 bridgehead atoms. The fourth-order valence-corrected chi connectivity index (χ4v) is 6.27. The van der Waals surface area contributed by atoms with Crippen molar-refractivity contribution < 1.29 is 47.8 Å². The number of aliphatic hydroxyl groups excluding tert-OH is 2. The second-order valence-electron chi connectivity index (χ2n) is 14.3. The molecule has 0 amide bonds. The van der Waals surface area contributed by atoms with Gasteiger partial charge in [0.2, 0.25) is 0 Å². The Labute approximate surface area is 346 Å². The summed E-state index contributed by atoms with van der Waals surface area (Å²) >= 11 is 0. The number of rotatable bonds is 40. The van der Waals surface area contributed by atoms with Gasteiger partial charge in [0.1, 0.15) is 12.7 Å². The van der Waals surface area contributed by atoms with Crippen LogP contribution in [0.1, 0.15) is 168 Å². The maximum atomic E-state index is 12.6. The number of phosphoric ester groups is 1. The Bertz CT molecular complexity index is 1180. The summed E-state index contributed by atoms with van der Waals surface area (Å²) in [6, 6.07) is 0. The number of esters is 2. The number of unbranched alkanes of at least 4 members (excludes halogenated alkanes) is 14. The first-order valence-electron chi connectivity index (χ1n) is 21.9. The summed E-state index contributed by atoms with van der Waals surface area (Å²) in [5, 5.41) is 18.3. The quantitative estimate of drug-likeness (QED) is 0.0236. The van der Waals surface area contributed by atoms with Crippen LogP contribution in [0.3, 0.4) is 0 Å². The molecule has 0 aromatic carbocycles. The lowest BCUT2D eigenvalue weighted by molar-refractivity contribution is -0.161. The lowest BCUT2D eigenvalue weighted by atomic mass is 10.1. The number of aliphatic hydroxyl groups is 2. The molecule has 328 valence electrons. The molecule has 0 aliphatic carbocycles. The summed E-state index contributed by atoms with van der Waals surface area (Å²) in [5.41, 5.74) is 0. The maximum absolute atomic E-state index is 12.6. The number of carbonyl (C=O) groups excluding carboxylic acids is 2. The molecular formula is C46H79O10P. The molecule has 0 fully saturated rings. The van der Waals surface area contributed by atoms with Crippen molar-refractivity contribution in [1.29, 1.82) is 0 Å². The van der Waals surface area contributed by atoms with Gasteiger partial charge in [-0.05, 0) is 83.5 Å². The van der Waals surface area contributed by atoms with Gasteiger partial charge in [0, 0.05) is 12.8 Å². The van der Waals surface area contributed by atoms with E-state index in [1.54, 1.807) is 0 Å². The molecule has 0 saturated carbocycles. The highest BCUT2D eigenvalue weighted by molar-refractivity contribution is 7.47. The number of ether oxygens (including phenoxy) is 2. The summed E-state index contributed by atoms with van der Waals surface area (Å²) < 4.78 is 32.7. The van der Waals surface area contributed by atoms with Gasteiger partial charge in [-0.2, -0.15) is 0 Å². The van der Waals surface area contributed by atoms with E-state index in [1.807, 2.05) is 0 Å². The van der Waals surface area contributed by atoms with Crippen molar-refractivity contribution in [1.82, 2.24) is 0 Å². The van der Waals surface area contributed by atoms with Crippen LogP contribution in [0.25, 0.3) is 0 Å². The van der Waals surface area contributed by atoms with Crippen LogP contribution in [0.2, 0.25) is 0 Å². The molecule has 0 saturated heterocycles. The van der Waals surface area contributed by atoms with Crippen LogP contribution >= 0.6 is 7.82 Å². The van der Waals surface area contributed by atoms with E-state index in [0.717, 1.165) is 77.0 Å². The van der Waals surface area contributed by atoms with Crippen LogP contribution in [0.15, 0.2) is 72.9 Å². The van der Waals surface area contributed by atoms with Crippen LogP contribution in [-0.4, -0.2) is 65.7 Å². The number of allylic oxidation sites excluding steroid dienone is 12. The molecule has 11 heteroatoms. The fraction of sp³-hybridized carbons (Fsp3) is 0.696. The lowest BCUT2D eigenvalue weighted by Crippen LogP contribution is -2.29. The zero-order valence-corrected chi connectivity index (χ0v) is 36.4. The van der Waals surface area contributed by atoms with E-state index in [-0.39, 0.29) is 19.4 Å². The van der Waals surface area contributed by atoms with E-state index >= 15 is 0 Å². The Balaban J connectivity index is 4.38. The van der Waals surface area contributed by atoms with Crippen LogP contribution < -0.4 is 0 Å². The predicted octanol–water partition coefficient (Wildman–Crippen LogP) is 11.7. The van der Waals surface area contributed by atoms with Gasteiger partial charge in [-0.15, -0.1) is 0 Å².